The average Bonchev–Trinajstić information content (AvgIpc) is 3.29. The van der Waals surface area contributed by atoms with Crippen LogP contribution in [0.2, 0.25) is 0 Å². The first-order valence-corrected chi connectivity index (χ1v) is 10.2. The highest BCUT2D eigenvalue weighted by Gasteiger charge is 2.28. The maximum atomic E-state index is 12.6. The van der Waals surface area contributed by atoms with E-state index in [2.05, 4.69) is 5.32 Å². The van der Waals surface area contributed by atoms with E-state index in [-0.39, 0.29) is 23.1 Å². The molecule has 1 aliphatic rings. The van der Waals surface area contributed by atoms with Crippen molar-refractivity contribution in [1.29, 1.82) is 0 Å². The minimum absolute atomic E-state index is 0.0843. The summed E-state index contributed by atoms with van der Waals surface area (Å²) in [7, 11) is -3.56. The van der Waals surface area contributed by atoms with E-state index >= 15 is 0 Å². The van der Waals surface area contributed by atoms with Crippen LogP contribution in [0.15, 0.2) is 24.3 Å². The largest absolute Gasteiger partial charge is 0.382 e. The fraction of sp³-hybridized carbons (Fsp3) is 0.611. The van der Waals surface area contributed by atoms with Crippen molar-refractivity contribution < 1.29 is 17.4 Å². The first-order chi connectivity index (χ1) is 11.6. The van der Waals surface area contributed by atoms with Crippen molar-refractivity contribution in [1.82, 2.24) is 10.2 Å². The highest BCUT2D eigenvalue weighted by atomic mass is 32.2. The van der Waals surface area contributed by atoms with Crippen molar-refractivity contribution in [2.75, 3.05) is 12.3 Å². The maximum Gasteiger partial charge on any atom is 0.318 e. The Balaban J connectivity index is 2.11. The Kier molecular flexibility index (Phi) is 5.98. The number of rotatable bonds is 7. The topological polar surface area (TPSA) is 75.7 Å². The molecular formula is C18H28N2O4S. The van der Waals surface area contributed by atoms with E-state index in [9.17, 15) is 13.2 Å². The highest BCUT2D eigenvalue weighted by Crippen LogP contribution is 2.30. The molecule has 0 radical (unpaired) electrons. The van der Waals surface area contributed by atoms with Gasteiger partial charge in [0.1, 0.15) is 5.75 Å². The van der Waals surface area contributed by atoms with Crippen LogP contribution in [0.4, 0.5) is 4.79 Å². The van der Waals surface area contributed by atoms with Gasteiger partial charge in [-0.05, 0) is 64.2 Å². The minimum Gasteiger partial charge on any atom is -0.382 e. The zero-order valence-electron chi connectivity index (χ0n) is 15.4. The van der Waals surface area contributed by atoms with Crippen LogP contribution < -0.4 is 9.50 Å². The molecule has 0 saturated heterocycles. The number of carbonyl (C=O) groups excluding carboxylic acids is 1. The van der Waals surface area contributed by atoms with Gasteiger partial charge in [0.05, 0.1) is 5.75 Å². The summed E-state index contributed by atoms with van der Waals surface area (Å²) in [6.45, 7) is 8.51. The molecule has 1 saturated carbocycles. The summed E-state index contributed by atoms with van der Waals surface area (Å²) in [5, 5.41) is 2.99. The van der Waals surface area contributed by atoms with E-state index in [0.29, 0.717) is 19.0 Å². The molecule has 1 N–H and O–H groups in total. The number of nitrogens with zero attached hydrogens (tertiary/aromatic N) is 1. The number of benzene rings is 1. The molecule has 7 heteroatoms. The number of hydrogen-bond acceptors (Lipinski definition) is 4. The quantitative estimate of drug-likeness (QED) is 0.750. The minimum atomic E-state index is -3.56. The van der Waals surface area contributed by atoms with Crippen LogP contribution in [0.5, 0.6) is 5.75 Å². The van der Waals surface area contributed by atoms with Gasteiger partial charge >= 0.3 is 16.1 Å². The predicted molar refractivity (Wildman–Crippen MR) is 97.9 cm³/mol. The molecule has 1 aromatic rings. The van der Waals surface area contributed by atoms with Crippen molar-refractivity contribution in [3.63, 3.8) is 0 Å². The van der Waals surface area contributed by atoms with Gasteiger partial charge in [0, 0.05) is 18.6 Å². The summed E-state index contributed by atoms with van der Waals surface area (Å²) in [6.07, 6.45) is 2.30. The zero-order valence-corrected chi connectivity index (χ0v) is 16.2. The van der Waals surface area contributed by atoms with Crippen molar-refractivity contribution in [2.45, 2.75) is 52.6 Å². The Morgan fingerprint density at radius 3 is 2.56 bits per heavy atom. The second kappa shape index (κ2) is 7.64. The van der Waals surface area contributed by atoms with Gasteiger partial charge in [-0.2, -0.15) is 8.42 Å². The molecule has 0 aliphatic heterocycles. The van der Waals surface area contributed by atoms with Crippen LogP contribution in [-0.4, -0.2) is 37.2 Å². The third-order valence-corrected chi connectivity index (χ3v) is 4.95. The second-order valence-corrected chi connectivity index (χ2v) is 9.44. The average molecular weight is 368 g/mol. The van der Waals surface area contributed by atoms with Gasteiger partial charge in [0.2, 0.25) is 0 Å². The molecule has 0 atom stereocenters. The van der Waals surface area contributed by atoms with E-state index in [1.807, 2.05) is 26.8 Å². The van der Waals surface area contributed by atoms with Crippen LogP contribution in [0.1, 0.15) is 46.1 Å². The number of nitrogens with one attached hydrogen (secondary N) is 1. The van der Waals surface area contributed by atoms with Gasteiger partial charge in [0.25, 0.3) is 0 Å². The van der Waals surface area contributed by atoms with Crippen molar-refractivity contribution >= 4 is 16.1 Å². The van der Waals surface area contributed by atoms with E-state index in [4.69, 9.17) is 4.18 Å². The van der Waals surface area contributed by atoms with Gasteiger partial charge in [-0.15, -0.1) is 0 Å². The number of amides is 2. The monoisotopic (exact) mass is 368 g/mol. The van der Waals surface area contributed by atoms with Gasteiger partial charge < -0.3 is 14.4 Å². The fourth-order valence-electron chi connectivity index (χ4n) is 2.35. The Morgan fingerprint density at radius 2 is 2.00 bits per heavy atom. The number of urea groups is 1. The summed E-state index contributed by atoms with van der Waals surface area (Å²) in [4.78, 5) is 14.4. The van der Waals surface area contributed by atoms with Crippen molar-refractivity contribution in [2.24, 2.45) is 5.92 Å². The molecule has 6 nitrogen and oxygen atoms in total. The lowest BCUT2D eigenvalue weighted by Gasteiger charge is -2.28. The van der Waals surface area contributed by atoms with Crippen LogP contribution in [0.25, 0.3) is 0 Å². The Bertz CT molecular complexity index is 706. The molecule has 1 aliphatic carbocycles. The first-order valence-electron chi connectivity index (χ1n) is 8.66. The highest BCUT2D eigenvalue weighted by molar-refractivity contribution is 7.87. The molecule has 0 spiro atoms. The van der Waals surface area contributed by atoms with Gasteiger partial charge in [-0.25, -0.2) is 4.79 Å². The molecule has 0 unspecified atom stereocenters. The molecule has 25 heavy (non-hydrogen) atoms. The lowest BCUT2D eigenvalue weighted by atomic mass is 10.1. The summed E-state index contributed by atoms with van der Waals surface area (Å²) < 4.78 is 28.3. The molecule has 1 fully saturated rings. The van der Waals surface area contributed by atoms with Crippen LogP contribution >= 0.6 is 0 Å². The molecule has 0 bridgehead atoms. The van der Waals surface area contributed by atoms with Crippen LogP contribution in [0.3, 0.4) is 0 Å². The van der Waals surface area contributed by atoms with Crippen LogP contribution in [-0.2, 0) is 16.7 Å². The van der Waals surface area contributed by atoms with E-state index in [1.54, 1.807) is 23.1 Å². The second-order valence-electron chi connectivity index (χ2n) is 7.58. The smallest absolute Gasteiger partial charge is 0.318 e. The molecule has 1 aromatic carbocycles. The van der Waals surface area contributed by atoms with Gasteiger partial charge in [-0.1, -0.05) is 12.1 Å². The summed E-state index contributed by atoms with van der Waals surface area (Å²) in [5.41, 5.74) is 0.535. The van der Waals surface area contributed by atoms with Crippen LogP contribution in [0, 0.1) is 5.92 Å². The normalized spacial score (nSPS) is 14.9. The molecule has 0 heterocycles. The number of carbonyl (C=O) groups is 1. The zero-order chi connectivity index (χ0) is 18.7. The van der Waals surface area contributed by atoms with E-state index in [1.165, 1.54) is 6.92 Å². The predicted octanol–water partition coefficient (Wildman–Crippen LogP) is 3.14. The SMILES string of the molecule is CCS(=O)(=O)Oc1cccc(CN(CC2CC2)C(=O)NC(C)(C)C)c1. The summed E-state index contributed by atoms with van der Waals surface area (Å²) in [5.74, 6) is 0.756. The van der Waals surface area contributed by atoms with Gasteiger partial charge in [0.15, 0.2) is 0 Å². The molecule has 0 aromatic heterocycles. The third-order valence-electron chi connectivity index (χ3n) is 3.79. The Labute approximate surface area is 150 Å². The lowest BCUT2D eigenvalue weighted by Crippen LogP contribution is -2.48. The van der Waals surface area contributed by atoms with E-state index < -0.39 is 10.1 Å². The standard InChI is InChI=1S/C18H28N2O4S/c1-5-25(22,23)24-16-8-6-7-15(11-16)13-20(12-14-9-10-14)17(21)19-18(2,3)4/h6-8,11,14H,5,9-10,12-13H2,1-4H3,(H,19,21). The fourth-order valence-corrected chi connectivity index (χ4v) is 2.87. The number of hydrogen-bond donors (Lipinski definition) is 1. The van der Waals surface area contributed by atoms with E-state index in [0.717, 1.165) is 18.4 Å². The summed E-state index contributed by atoms with van der Waals surface area (Å²) >= 11 is 0. The van der Waals surface area contributed by atoms with Crippen molar-refractivity contribution in [3.05, 3.63) is 29.8 Å². The lowest BCUT2D eigenvalue weighted by molar-refractivity contribution is 0.183. The first kappa shape index (κ1) is 19.6. The Hall–Kier alpha value is -1.76. The Morgan fingerprint density at radius 1 is 1.32 bits per heavy atom. The van der Waals surface area contributed by atoms with Gasteiger partial charge in [-0.3, -0.25) is 0 Å². The van der Waals surface area contributed by atoms with Crippen molar-refractivity contribution in [3.8, 4) is 5.75 Å². The molecule has 140 valence electrons. The third kappa shape index (κ3) is 6.94. The molecule has 2 rings (SSSR count). The molecule has 2 amide bonds. The molecular weight excluding hydrogens is 340 g/mol. The summed E-state index contributed by atoms with van der Waals surface area (Å²) in [6, 6.07) is 6.80. The maximum absolute atomic E-state index is 12.6.